The summed E-state index contributed by atoms with van der Waals surface area (Å²) < 4.78 is 26.6. The first-order chi connectivity index (χ1) is 12.2. The highest BCUT2D eigenvalue weighted by molar-refractivity contribution is 7.90. The van der Waals surface area contributed by atoms with E-state index < -0.39 is 15.3 Å². The molecule has 0 aliphatic heterocycles. The van der Waals surface area contributed by atoms with E-state index in [9.17, 15) is 8.42 Å². The van der Waals surface area contributed by atoms with Gasteiger partial charge in [-0.05, 0) is 56.5 Å². The third-order valence-corrected chi connectivity index (χ3v) is 6.42. The molecule has 3 aromatic rings. The van der Waals surface area contributed by atoms with Gasteiger partial charge >= 0.3 is 0 Å². The van der Waals surface area contributed by atoms with E-state index in [1.54, 1.807) is 13.8 Å². The molecule has 2 aromatic carbocycles. The van der Waals surface area contributed by atoms with Crippen LogP contribution in [-0.4, -0.2) is 22.6 Å². The maximum Gasteiger partial charge on any atom is 0.244 e. The first-order valence-corrected chi connectivity index (χ1v) is 9.99. The van der Waals surface area contributed by atoms with E-state index >= 15 is 0 Å². The molecule has 1 aromatic heterocycles. The van der Waals surface area contributed by atoms with E-state index in [2.05, 4.69) is 4.98 Å². The Morgan fingerprint density at radius 3 is 2.27 bits per heavy atom. The molecular weight excluding hydrogens is 346 g/mol. The number of imidazole rings is 1. The largest absolute Gasteiger partial charge is 0.368 e. The summed E-state index contributed by atoms with van der Waals surface area (Å²) in [6, 6.07) is 15.7. The number of nitrogens with two attached hydrogens (primary N) is 1. The fraction of sp³-hybridized carbons (Fsp3) is 0.250. The molecule has 0 radical (unpaired) electrons. The number of anilines is 1. The van der Waals surface area contributed by atoms with Gasteiger partial charge in [-0.1, -0.05) is 42.0 Å². The third-order valence-electron chi connectivity index (χ3n) is 4.34. The first kappa shape index (κ1) is 18.2. The Labute approximate surface area is 154 Å². The lowest BCUT2D eigenvalue weighted by molar-refractivity contribution is 0.580. The van der Waals surface area contributed by atoms with Crippen molar-refractivity contribution in [2.75, 3.05) is 5.73 Å². The number of fused-ring (bicyclic) bond motifs is 1. The lowest BCUT2D eigenvalue weighted by Gasteiger charge is -2.14. The van der Waals surface area contributed by atoms with Crippen molar-refractivity contribution in [3.8, 4) is 0 Å². The molecule has 3 rings (SSSR count). The minimum absolute atomic E-state index is 0.00990. The average Bonchev–Trinajstić information content (AvgIpc) is 2.91. The highest BCUT2D eigenvalue weighted by Crippen LogP contribution is 2.31. The van der Waals surface area contributed by atoms with Gasteiger partial charge in [0.05, 0.1) is 16.3 Å². The molecule has 0 spiro atoms. The van der Waals surface area contributed by atoms with Crippen molar-refractivity contribution >= 4 is 32.6 Å². The maximum atomic E-state index is 12.7. The van der Waals surface area contributed by atoms with Gasteiger partial charge < -0.3 is 5.73 Å². The SMILES string of the molecule is CC(C)=C(c1ccccc1)c1ccc2nc(N)n(S(=O)(=O)C(C)C)c2c1. The number of hydrogen-bond donors (Lipinski definition) is 1. The van der Waals surface area contributed by atoms with E-state index in [0.717, 1.165) is 26.2 Å². The first-order valence-electron chi connectivity index (χ1n) is 8.49. The van der Waals surface area contributed by atoms with Crippen molar-refractivity contribution in [3.63, 3.8) is 0 Å². The summed E-state index contributed by atoms with van der Waals surface area (Å²) in [5.41, 5.74) is 11.2. The van der Waals surface area contributed by atoms with Crippen molar-refractivity contribution in [3.05, 3.63) is 65.2 Å². The number of benzene rings is 2. The molecule has 0 aliphatic carbocycles. The van der Waals surface area contributed by atoms with Crippen LogP contribution in [0.1, 0.15) is 38.8 Å². The van der Waals surface area contributed by atoms with Gasteiger partial charge in [0, 0.05) is 0 Å². The summed E-state index contributed by atoms with van der Waals surface area (Å²) in [5, 5.41) is -0.595. The fourth-order valence-corrected chi connectivity index (χ4v) is 4.20. The lowest BCUT2D eigenvalue weighted by Crippen LogP contribution is -2.23. The Bertz CT molecular complexity index is 1090. The smallest absolute Gasteiger partial charge is 0.244 e. The maximum absolute atomic E-state index is 12.7. The fourth-order valence-electron chi connectivity index (χ4n) is 3.06. The number of aromatic nitrogens is 2. The summed E-state index contributed by atoms with van der Waals surface area (Å²) >= 11 is 0. The predicted molar refractivity (Wildman–Crippen MR) is 107 cm³/mol. The van der Waals surface area contributed by atoms with Crippen molar-refractivity contribution in [2.45, 2.75) is 32.9 Å². The molecule has 1 heterocycles. The van der Waals surface area contributed by atoms with Crippen LogP contribution < -0.4 is 5.73 Å². The molecule has 2 N–H and O–H groups in total. The van der Waals surface area contributed by atoms with Gasteiger partial charge in [0.2, 0.25) is 16.0 Å². The molecule has 6 heteroatoms. The highest BCUT2D eigenvalue weighted by Gasteiger charge is 2.24. The van der Waals surface area contributed by atoms with E-state index in [0.29, 0.717) is 11.0 Å². The molecule has 0 aliphatic rings. The Morgan fingerprint density at radius 2 is 1.69 bits per heavy atom. The molecule has 0 saturated carbocycles. The van der Waals surface area contributed by atoms with Gasteiger partial charge in [-0.2, -0.15) is 0 Å². The monoisotopic (exact) mass is 369 g/mol. The molecule has 0 fully saturated rings. The molecule has 0 atom stereocenters. The zero-order chi connectivity index (χ0) is 19.1. The van der Waals surface area contributed by atoms with E-state index in [1.165, 1.54) is 0 Å². The van der Waals surface area contributed by atoms with Gasteiger partial charge in [0.15, 0.2) is 0 Å². The number of nitrogen functional groups attached to an aromatic ring is 1. The Hall–Kier alpha value is -2.60. The van der Waals surface area contributed by atoms with E-state index in [-0.39, 0.29) is 5.95 Å². The third kappa shape index (κ3) is 3.01. The van der Waals surface area contributed by atoms with Crippen LogP contribution in [0.2, 0.25) is 0 Å². The van der Waals surface area contributed by atoms with Crippen LogP contribution in [0.25, 0.3) is 16.6 Å². The molecule has 0 unspecified atom stereocenters. The van der Waals surface area contributed by atoms with Crippen LogP contribution in [0.5, 0.6) is 0 Å². The second-order valence-corrected chi connectivity index (χ2v) is 9.11. The normalized spacial score (nSPS) is 11.9. The van der Waals surface area contributed by atoms with Crippen LogP contribution in [0.15, 0.2) is 54.1 Å². The predicted octanol–water partition coefficient (Wildman–Crippen LogP) is 4.05. The second-order valence-electron chi connectivity index (χ2n) is 6.77. The zero-order valence-corrected chi connectivity index (χ0v) is 16.2. The Kier molecular flexibility index (Phi) is 4.63. The van der Waals surface area contributed by atoms with Crippen molar-refractivity contribution in [1.82, 2.24) is 8.96 Å². The second kappa shape index (κ2) is 6.61. The van der Waals surface area contributed by atoms with Crippen LogP contribution in [0.3, 0.4) is 0 Å². The van der Waals surface area contributed by atoms with Crippen molar-refractivity contribution in [2.24, 2.45) is 0 Å². The zero-order valence-electron chi connectivity index (χ0n) is 15.4. The van der Waals surface area contributed by atoms with Gasteiger partial charge in [-0.15, -0.1) is 0 Å². The van der Waals surface area contributed by atoms with Crippen molar-refractivity contribution < 1.29 is 8.42 Å². The quantitative estimate of drug-likeness (QED) is 0.753. The van der Waals surface area contributed by atoms with Crippen LogP contribution in [0, 0.1) is 0 Å². The standard InChI is InChI=1S/C20H23N3O2S/c1-13(2)19(15-8-6-5-7-9-15)16-10-11-17-18(12-16)23(20(21)22-17)26(24,25)14(3)4/h5-12,14H,1-4H3,(H2,21,22). The summed E-state index contributed by atoms with van der Waals surface area (Å²) in [6.45, 7) is 7.36. The topological polar surface area (TPSA) is 78.0 Å². The minimum atomic E-state index is -3.61. The van der Waals surface area contributed by atoms with Crippen LogP contribution >= 0.6 is 0 Å². The Balaban J connectivity index is 2.29. The van der Waals surface area contributed by atoms with Gasteiger partial charge in [0.25, 0.3) is 0 Å². The highest BCUT2D eigenvalue weighted by atomic mass is 32.2. The van der Waals surface area contributed by atoms with Gasteiger partial charge in [-0.3, -0.25) is 0 Å². The van der Waals surface area contributed by atoms with Gasteiger partial charge in [0.1, 0.15) is 0 Å². The molecule has 26 heavy (non-hydrogen) atoms. The molecule has 0 amide bonds. The lowest BCUT2D eigenvalue weighted by atomic mass is 9.94. The van der Waals surface area contributed by atoms with Crippen LogP contribution in [-0.2, 0) is 10.0 Å². The summed E-state index contributed by atoms with van der Waals surface area (Å²) in [4.78, 5) is 4.23. The summed E-state index contributed by atoms with van der Waals surface area (Å²) in [7, 11) is -3.61. The number of nitrogens with zero attached hydrogens (tertiary/aromatic N) is 2. The number of rotatable bonds is 4. The molecule has 0 saturated heterocycles. The number of hydrogen-bond acceptors (Lipinski definition) is 4. The van der Waals surface area contributed by atoms with Gasteiger partial charge in [-0.25, -0.2) is 17.4 Å². The van der Waals surface area contributed by atoms with Crippen LogP contribution in [0.4, 0.5) is 5.95 Å². The molecular formula is C20H23N3O2S. The molecule has 136 valence electrons. The summed E-state index contributed by atoms with van der Waals surface area (Å²) in [5.74, 6) is -0.00990. The minimum Gasteiger partial charge on any atom is -0.368 e. The molecule has 0 bridgehead atoms. The Morgan fingerprint density at radius 1 is 1.04 bits per heavy atom. The average molecular weight is 369 g/mol. The molecule has 5 nitrogen and oxygen atoms in total. The van der Waals surface area contributed by atoms with E-state index in [4.69, 9.17) is 5.73 Å². The van der Waals surface area contributed by atoms with E-state index in [1.807, 2.05) is 62.4 Å². The number of allylic oxidation sites excluding steroid dienone is 1. The summed E-state index contributed by atoms with van der Waals surface area (Å²) in [6.07, 6.45) is 0. The van der Waals surface area contributed by atoms with Crippen molar-refractivity contribution in [1.29, 1.82) is 0 Å².